The first kappa shape index (κ1) is 14.4. The summed E-state index contributed by atoms with van der Waals surface area (Å²) in [5.74, 6) is 0. The summed E-state index contributed by atoms with van der Waals surface area (Å²) in [5, 5.41) is 11.3. The Bertz CT molecular complexity index is 802. The molecule has 3 aromatic rings. The van der Waals surface area contributed by atoms with Gasteiger partial charge in [0.15, 0.2) is 0 Å². The van der Waals surface area contributed by atoms with Crippen molar-refractivity contribution in [2.45, 2.75) is 13.0 Å². The predicted octanol–water partition coefficient (Wildman–Crippen LogP) is 2.71. The molecular weight excluding hydrogens is 306 g/mol. The molecule has 0 fully saturated rings. The lowest BCUT2D eigenvalue weighted by atomic mass is 10.0. The highest BCUT2D eigenvalue weighted by atomic mass is 32.1. The van der Waals surface area contributed by atoms with E-state index < -0.39 is 0 Å². The fraction of sp³-hybridized carbons (Fsp3) is 0.294. The Morgan fingerprint density at radius 1 is 1.22 bits per heavy atom. The first-order valence-electron chi connectivity index (χ1n) is 7.73. The van der Waals surface area contributed by atoms with Gasteiger partial charge in [0.1, 0.15) is 0 Å². The molecule has 0 bridgehead atoms. The maximum absolute atomic E-state index is 4.89. The summed E-state index contributed by atoms with van der Waals surface area (Å²) in [6.07, 6.45) is 2.82. The first-order chi connectivity index (χ1) is 11.2. The van der Waals surface area contributed by atoms with Crippen LogP contribution < -0.4 is 10.2 Å². The molecule has 0 saturated heterocycles. The Morgan fingerprint density at radius 3 is 2.74 bits per heavy atom. The molecule has 2 aromatic heterocycles. The molecule has 0 atom stereocenters. The second-order valence-electron chi connectivity index (χ2n) is 5.87. The number of benzene rings is 1. The quantitative estimate of drug-likeness (QED) is 0.804. The van der Waals surface area contributed by atoms with E-state index in [4.69, 9.17) is 5.10 Å². The maximum Gasteiger partial charge on any atom is 0.210 e. The van der Waals surface area contributed by atoms with Crippen LogP contribution in [0.5, 0.6) is 0 Å². The lowest BCUT2D eigenvalue weighted by Crippen LogP contribution is -2.24. The van der Waals surface area contributed by atoms with E-state index in [0.29, 0.717) is 0 Å². The normalized spacial score (nSPS) is 13.8. The largest absolute Gasteiger partial charge is 0.378 e. The van der Waals surface area contributed by atoms with Gasteiger partial charge in [0, 0.05) is 62.0 Å². The Balaban J connectivity index is 1.82. The van der Waals surface area contributed by atoms with E-state index in [-0.39, 0.29) is 0 Å². The molecule has 0 amide bonds. The number of rotatable bonds is 3. The van der Waals surface area contributed by atoms with Crippen molar-refractivity contribution in [2.24, 2.45) is 0 Å². The number of nitrogens with one attached hydrogen (secondary N) is 1. The topological polar surface area (TPSA) is 46.0 Å². The van der Waals surface area contributed by atoms with Crippen molar-refractivity contribution in [2.75, 3.05) is 25.5 Å². The van der Waals surface area contributed by atoms with Gasteiger partial charge in [-0.2, -0.15) is 5.10 Å². The monoisotopic (exact) mass is 325 g/mol. The lowest BCUT2D eigenvalue weighted by molar-refractivity contribution is 0.622. The molecule has 3 heterocycles. The zero-order valence-electron chi connectivity index (χ0n) is 13.3. The Labute approximate surface area is 139 Å². The molecule has 6 heteroatoms. The van der Waals surface area contributed by atoms with Crippen LogP contribution in [-0.4, -0.2) is 35.4 Å². The van der Waals surface area contributed by atoms with Crippen LogP contribution in [0.4, 0.5) is 5.69 Å². The third-order valence-electron chi connectivity index (χ3n) is 4.19. The van der Waals surface area contributed by atoms with Crippen molar-refractivity contribution in [1.29, 1.82) is 0 Å². The van der Waals surface area contributed by atoms with Crippen molar-refractivity contribution < 1.29 is 0 Å². The SMILES string of the molecule is CN(C)c1ccc(-c2nn(-c3nccs3)c3c2CNCC3)cc1. The molecule has 118 valence electrons. The summed E-state index contributed by atoms with van der Waals surface area (Å²) in [6, 6.07) is 8.58. The van der Waals surface area contributed by atoms with Crippen LogP contribution in [0.2, 0.25) is 0 Å². The predicted molar refractivity (Wildman–Crippen MR) is 94.4 cm³/mol. The molecule has 4 rings (SSSR count). The van der Waals surface area contributed by atoms with Crippen LogP contribution in [0.1, 0.15) is 11.3 Å². The fourth-order valence-corrected chi connectivity index (χ4v) is 3.59. The van der Waals surface area contributed by atoms with Crippen molar-refractivity contribution >= 4 is 17.0 Å². The number of nitrogens with zero attached hydrogens (tertiary/aromatic N) is 4. The molecule has 0 radical (unpaired) electrons. The van der Waals surface area contributed by atoms with E-state index in [1.165, 1.54) is 16.9 Å². The van der Waals surface area contributed by atoms with Crippen LogP contribution in [0, 0.1) is 0 Å². The van der Waals surface area contributed by atoms with E-state index >= 15 is 0 Å². The molecule has 5 nitrogen and oxygen atoms in total. The molecule has 0 spiro atoms. The molecule has 23 heavy (non-hydrogen) atoms. The molecule has 0 aliphatic carbocycles. The average Bonchev–Trinajstić information content (AvgIpc) is 3.22. The number of hydrogen-bond acceptors (Lipinski definition) is 5. The van der Waals surface area contributed by atoms with E-state index in [0.717, 1.165) is 35.9 Å². The van der Waals surface area contributed by atoms with Gasteiger partial charge >= 0.3 is 0 Å². The van der Waals surface area contributed by atoms with E-state index in [9.17, 15) is 0 Å². The number of thiazole rings is 1. The molecule has 1 aliphatic heterocycles. The van der Waals surface area contributed by atoms with E-state index in [1.54, 1.807) is 11.3 Å². The van der Waals surface area contributed by atoms with E-state index in [2.05, 4.69) is 53.6 Å². The molecule has 0 unspecified atom stereocenters. The Kier molecular flexibility index (Phi) is 3.63. The maximum atomic E-state index is 4.89. The highest BCUT2D eigenvalue weighted by Crippen LogP contribution is 2.31. The van der Waals surface area contributed by atoms with Crippen molar-refractivity contribution in [1.82, 2.24) is 20.1 Å². The summed E-state index contributed by atoms with van der Waals surface area (Å²) >= 11 is 1.63. The van der Waals surface area contributed by atoms with Gasteiger partial charge in [-0.1, -0.05) is 12.1 Å². The molecule has 1 aliphatic rings. The molecule has 1 aromatic carbocycles. The van der Waals surface area contributed by atoms with Crippen molar-refractivity contribution in [3.8, 4) is 16.4 Å². The molecule has 1 N–H and O–H groups in total. The number of fused-ring (bicyclic) bond motifs is 1. The minimum Gasteiger partial charge on any atom is -0.378 e. The van der Waals surface area contributed by atoms with Gasteiger partial charge in [-0.15, -0.1) is 11.3 Å². The smallest absolute Gasteiger partial charge is 0.210 e. The van der Waals surface area contributed by atoms with Gasteiger partial charge in [-0.25, -0.2) is 9.67 Å². The summed E-state index contributed by atoms with van der Waals surface area (Å²) in [4.78, 5) is 6.54. The Morgan fingerprint density at radius 2 is 2.04 bits per heavy atom. The minimum absolute atomic E-state index is 0.867. The van der Waals surface area contributed by atoms with Crippen LogP contribution in [-0.2, 0) is 13.0 Å². The van der Waals surface area contributed by atoms with Crippen LogP contribution in [0.15, 0.2) is 35.8 Å². The molecule has 0 saturated carbocycles. The summed E-state index contributed by atoms with van der Waals surface area (Å²) in [7, 11) is 4.11. The van der Waals surface area contributed by atoms with Crippen molar-refractivity contribution in [3.05, 3.63) is 47.1 Å². The fourth-order valence-electron chi connectivity index (χ4n) is 2.98. The zero-order valence-corrected chi connectivity index (χ0v) is 14.1. The Hall–Kier alpha value is -2.18. The number of anilines is 1. The van der Waals surface area contributed by atoms with E-state index in [1.807, 2.05) is 16.3 Å². The second-order valence-corrected chi connectivity index (χ2v) is 6.74. The average molecular weight is 325 g/mol. The third-order valence-corrected chi connectivity index (χ3v) is 4.93. The zero-order chi connectivity index (χ0) is 15.8. The van der Waals surface area contributed by atoms with Gasteiger partial charge in [0.25, 0.3) is 0 Å². The third kappa shape index (κ3) is 2.54. The van der Waals surface area contributed by atoms with Gasteiger partial charge in [0.05, 0.1) is 11.4 Å². The summed E-state index contributed by atoms with van der Waals surface area (Å²) < 4.78 is 2.02. The van der Waals surface area contributed by atoms with Crippen LogP contribution in [0.3, 0.4) is 0 Å². The summed E-state index contributed by atoms with van der Waals surface area (Å²) in [6.45, 7) is 1.86. The molecular formula is C17H19N5S. The van der Waals surface area contributed by atoms with Gasteiger partial charge < -0.3 is 10.2 Å². The van der Waals surface area contributed by atoms with Gasteiger partial charge in [-0.3, -0.25) is 0 Å². The number of aromatic nitrogens is 3. The van der Waals surface area contributed by atoms with Crippen molar-refractivity contribution in [3.63, 3.8) is 0 Å². The first-order valence-corrected chi connectivity index (χ1v) is 8.61. The van der Waals surface area contributed by atoms with Gasteiger partial charge in [0.2, 0.25) is 5.13 Å². The minimum atomic E-state index is 0.867. The second kappa shape index (κ2) is 5.79. The highest BCUT2D eigenvalue weighted by Gasteiger charge is 2.23. The lowest BCUT2D eigenvalue weighted by Gasteiger charge is -2.15. The standard InChI is InChI=1S/C17H19N5S/c1-21(2)13-5-3-12(4-6-13)16-14-11-18-8-7-15(14)22(20-16)17-19-9-10-23-17/h3-6,9-10,18H,7-8,11H2,1-2H3. The highest BCUT2D eigenvalue weighted by molar-refractivity contribution is 7.12. The number of hydrogen-bond donors (Lipinski definition) is 1. The summed E-state index contributed by atoms with van der Waals surface area (Å²) in [5.41, 5.74) is 5.99. The van der Waals surface area contributed by atoms with Crippen LogP contribution >= 0.6 is 11.3 Å². The van der Waals surface area contributed by atoms with Crippen LogP contribution in [0.25, 0.3) is 16.4 Å². The van der Waals surface area contributed by atoms with Gasteiger partial charge in [-0.05, 0) is 12.1 Å².